The first-order valence-electron chi connectivity index (χ1n) is 11.6. The summed E-state index contributed by atoms with van der Waals surface area (Å²) in [7, 11) is 0. The fourth-order valence-corrected chi connectivity index (χ4v) is 4.89. The highest BCUT2D eigenvalue weighted by Gasteiger charge is 2.32. The van der Waals surface area contributed by atoms with Gasteiger partial charge in [-0.2, -0.15) is 0 Å². The lowest BCUT2D eigenvalue weighted by Gasteiger charge is -2.33. The van der Waals surface area contributed by atoms with E-state index in [1.807, 2.05) is 24.3 Å². The van der Waals surface area contributed by atoms with E-state index >= 15 is 4.39 Å². The summed E-state index contributed by atoms with van der Waals surface area (Å²) in [5.41, 5.74) is -0.147. The van der Waals surface area contributed by atoms with Crippen LogP contribution in [0.25, 0.3) is 33.4 Å². The highest BCUT2D eigenvalue weighted by molar-refractivity contribution is 6.08. The second kappa shape index (κ2) is 7.86. The molecule has 2 saturated heterocycles. The summed E-state index contributed by atoms with van der Waals surface area (Å²) < 4.78 is 53.4. The van der Waals surface area contributed by atoms with Crippen LogP contribution in [0.2, 0.25) is 0 Å². The van der Waals surface area contributed by atoms with Gasteiger partial charge in [-0.15, -0.1) is 0 Å². The molecule has 0 atom stereocenters. The van der Waals surface area contributed by atoms with Gasteiger partial charge in [0.25, 0.3) is 0 Å². The molecule has 8 heteroatoms. The van der Waals surface area contributed by atoms with E-state index < -0.39 is 40.1 Å². The first-order valence-corrected chi connectivity index (χ1v) is 11.6. The zero-order valence-corrected chi connectivity index (χ0v) is 19.0. The smallest absolute Gasteiger partial charge is 0.339 e. The number of fused-ring (bicyclic) bond motifs is 2. The number of halogens is 3. The van der Waals surface area contributed by atoms with E-state index in [-0.39, 0.29) is 5.56 Å². The largest absolute Gasteiger partial charge is 0.478 e. The second-order valence-electron chi connectivity index (χ2n) is 9.14. The molecule has 5 nitrogen and oxygen atoms in total. The molecule has 2 fully saturated rings. The molecule has 3 heterocycles. The molecule has 0 saturated carbocycles. The molecule has 1 aliphatic carbocycles. The van der Waals surface area contributed by atoms with E-state index in [1.165, 1.54) is 0 Å². The Bertz CT molecular complexity index is 1580. The van der Waals surface area contributed by atoms with Crippen molar-refractivity contribution in [3.63, 3.8) is 0 Å². The molecule has 0 bridgehead atoms. The maximum atomic E-state index is 15.6. The Morgan fingerprint density at radius 1 is 0.971 bits per heavy atom. The van der Waals surface area contributed by atoms with Crippen LogP contribution < -0.4 is 14.8 Å². The van der Waals surface area contributed by atoms with Gasteiger partial charge in [-0.05, 0) is 31.5 Å². The SMILES string of the molecule is Cc1c(F)c(F)c(C(=O)O)c(-c2c3ccc(=[N+]4CCC4)cc-3oc3cc(N4CCC4)ccc23)c1F. The summed E-state index contributed by atoms with van der Waals surface area (Å²) in [6, 6.07) is 10.8. The van der Waals surface area contributed by atoms with Gasteiger partial charge in [-0.25, -0.2) is 22.5 Å². The van der Waals surface area contributed by atoms with Crippen LogP contribution in [0.5, 0.6) is 0 Å². The van der Waals surface area contributed by atoms with Crippen molar-refractivity contribution >= 4 is 22.6 Å². The lowest BCUT2D eigenvalue weighted by molar-refractivity contribution is 0.0691. The molecule has 0 aromatic heterocycles. The third-order valence-electron chi connectivity index (χ3n) is 7.14. The highest BCUT2D eigenvalue weighted by Crippen LogP contribution is 2.44. The number of anilines is 1. The van der Waals surface area contributed by atoms with Crippen LogP contribution in [0.4, 0.5) is 18.9 Å². The van der Waals surface area contributed by atoms with Gasteiger partial charge in [0.15, 0.2) is 11.6 Å². The van der Waals surface area contributed by atoms with Gasteiger partial charge in [0.1, 0.15) is 35.8 Å². The molecule has 4 aliphatic rings. The van der Waals surface area contributed by atoms with Crippen molar-refractivity contribution in [1.82, 2.24) is 4.58 Å². The molecule has 0 spiro atoms. The van der Waals surface area contributed by atoms with Gasteiger partial charge < -0.3 is 14.4 Å². The van der Waals surface area contributed by atoms with Gasteiger partial charge in [-0.3, -0.25) is 0 Å². The third kappa shape index (κ3) is 3.23. The standard InChI is InChI=1S/C27H21F3N2O3/c1-14-24(28)22(23(27(33)34)26(30)25(14)29)21-17-6-4-15(31-8-2-9-31)12-19(17)35-20-13-16(5-7-18(20)21)32-10-3-11-32/h4-7,12-13H,2-3,8-11H2,1H3/p+1. The zero-order chi connectivity index (χ0) is 24.4. The van der Waals surface area contributed by atoms with Crippen LogP contribution in [0.3, 0.4) is 0 Å². The number of hydrogen-bond donors (Lipinski definition) is 1. The summed E-state index contributed by atoms with van der Waals surface area (Å²) in [4.78, 5) is 14.2. The monoisotopic (exact) mass is 479 g/mol. The van der Waals surface area contributed by atoms with Crippen molar-refractivity contribution < 1.29 is 27.5 Å². The highest BCUT2D eigenvalue weighted by atomic mass is 19.2. The number of benzene rings is 3. The Kier molecular flexibility index (Phi) is 4.88. The first kappa shape index (κ1) is 21.7. The average molecular weight is 479 g/mol. The fourth-order valence-electron chi connectivity index (χ4n) is 4.89. The summed E-state index contributed by atoms with van der Waals surface area (Å²) in [5.74, 6) is -5.52. The van der Waals surface area contributed by atoms with Crippen molar-refractivity contribution in [2.75, 3.05) is 31.1 Å². The summed E-state index contributed by atoms with van der Waals surface area (Å²) in [6.45, 7) is 4.73. The van der Waals surface area contributed by atoms with Gasteiger partial charge in [-0.1, -0.05) is 0 Å². The number of rotatable bonds is 3. The van der Waals surface area contributed by atoms with Crippen LogP contribution >= 0.6 is 0 Å². The van der Waals surface area contributed by atoms with Crippen LogP contribution in [0.15, 0.2) is 40.8 Å². The summed E-state index contributed by atoms with van der Waals surface area (Å²) in [6.07, 6.45) is 2.16. The minimum atomic E-state index is -1.74. The number of carboxylic acid groups (broad SMARTS) is 1. The van der Waals surface area contributed by atoms with E-state index in [1.54, 1.807) is 12.1 Å². The van der Waals surface area contributed by atoms with Gasteiger partial charge in [0, 0.05) is 58.5 Å². The number of carboxylic acids is 1. The molecule has 2 aromatic carbocycles. The molecular formula is C27H22F3N2O3+. The van der Waals surface area contributed by atoms with E-state index in [0.29, 0.717) is 22.3 Å². The third-order valence-corrected chi connectivity index (χ3v) is 7.14. The van der Waals surface area contributed by atoms with Crippen LogP contribution in [-0.2, 0) is 0 Å². The van der Waals surface area contributed by atoms with E-state index in [0.717, 1.165) is 57.0 Å². The summed E-state index contributed by atoms with van der Waals surface area (Å²) in [5, 5.41) is 11.1. The topological polar surface area (TPSA) is 56.7 Å². The van der Waals surface area contributed by atoms with Crippen molar-refractivity contribution in [3.05, 3.63) is 70.3 Å². The van der Waals surface area contributed by atoms with Crippen LogP contribution in [0, 0.1) is 24.4 Å². The Morgan fingerprint density at radius 3 is 2.37 bits per heavy atom. The van der Waals surface area contributed by atoms with Gasteiger partial charge >= 0.3 is 5.97 Å². The number of carbonyl (C=O) groups is 1. The molecule has 1 N–H and O–H groups in total. The lowest BCUT2D eigenvalue weighted by Crippen LogP contribution is -2.40. The Hall–Kier alpha value is -3.81. The number of aromatic carboxylic acids is 1. The van der Waals surface area contributed by atoms with Crippen molar-refractivity contribution in [2.45, 2.75) is 19.8 Å². The second-order valence-corrected chi connectivity index (χ2v) is 9.14. The quantitative estimate of drug-likeness (QED) is 0.255. The molecule has 6 rings (SSSR count). The van der Waals surface area contributed by atoms with Crippen LogP contribution in [0.1, 0.15) is 28.8 Å². The van der Waals surface area contributed by atoms with E-state index in [4.69, 9.17) is 4.42 Å². The Labute approximate surface area is 198 Å². The minimum Gasteiger partial charge on any atom is -0.478 e. The Balaban J connectivity index is 1.76. The van der Waals surface area contributed by atoms with Gasteiger partial charge in [0.05, 0.1) is 12.5 Å². The predicted octanol–water partition coefficient (Wildman–Crippen LogP) is 5.01. The lowest BCUT2D eigenvalue weighted by atomic mass is 9.88. The maximum absolute atomic E-state index is 15.6. The molecule has 0 amide bonds. The molecule has 3 aliphatic heterocycles. The van der Waals surface area contributed by atoms with E-state index in [9.17, 15) is 18.7 Å². The minimum absolute atomic E-state index is 0.170. The fraction of sp³-hybridized carbons (Fsp3) is 0.259. The van der Waals surface area contributed by atoms with E-state index in [2.05, 4.69) is 9.48 Å². The molecule has 35 heavy (non-hydrogen) atoms. The molecule has 178 valence electrons. The molecule has 0 radical (unpaired) electrons. The molecular weight excluding hydrogens is 457 g/mol. The van der Waals surface area contributed by atoms with Crippen molar-refractivity contribution in [1.29, 1.82) is 0 Å². The number of nitrogens with zero attached hydrogens (tertiary/aromatic N) is 2. The average Bonchev–Trinajstić information content (AvgIpc) is 2.76. The number of hydrogen-bond acceptors (Lipinski definition) is 3. The molecule has 2 aromatic rings. The molecule has 0 unspecified atom stereocenters. The van der Waals surface area contributed by atoms with Gasteiger partial charge in [0.2, 0.25) is 5.36 Å². The summed E-state index contributed by atoms with van der Waals surface area (Å²) >= 11 is 0. The normalized spacial score (nSPS) is 15.4. The van der Waals surface area contributed by atoms with Crippen LogP contribution in [-0.4, -0.2) is 37.3 Å². The zero-order valence-electron chi connectivity index (χ0n) is 19.0. The first-order chi connectivity index (χ1) is 16.8. The van der Waals surface area contributed by atoms with Crippen molar-refractivity contribution in [2.24, 2.45) is 0 Å². The maximum Gasteiger partial charge on any atom is 0.339 e. The predicted molar refractivity (Wildman–Crippen MR) is 126 cm³/mol. The Morgan fingerprint density at radius 2 is 1.74 bits per heavy atom. The van der Waals surface area contributed by atoms with Crippen molar-refractivity contribution in [3.8, 4) is 22.5 Å².